The van der Waals surface area contributed by atoms with E-state index in [-0.39, 0.29) is 11.2 Å². The lowest BCUT2D eigenvalue weighted by Crippen LogP contribution is -2.34. The Balaban J connectivity index is 1.86. The lowest BCUT2D eigenvalue weighted by atomic mass is 9.78. The minimum Gasteiger partial charge on any atom is -0.303 e. The van der Waals surface area contributed by atoms with E-state index in [0.29, 0.717) is 6.04 Å². The maximum absolute atomic E-state index is 13.5. The van der Waals surface area contributed by atoms with Gasteiger partial charge in [-0.05, 0) is 56.6 Å². The van der Waals surface area contributed by atoms with Gasteiger partial charge < -0.3 is 4.90 Å². The molecule has 1 aromatic carbocycles. The number of nitrogens with zero attached hydrogens (tertiary/aromatic N) is 1. The quantitative estimate of drug-likeness (QED) is 0.802. The van der Waals surface area contributed by atoms with Crippen molar-refractivity contribution in [1.29, 1.82) is 0 Å². The van der Waals surface area contributed by atoms with E-state index in [0.717, 1.165) is 12.2 Å². The number of likely N-dealkylation sites (tertiary alicyclic amines) is 1. The summed E-state index contributed by atoms with van der Waals surface area (Å²) in [7, 11) is 2.22. The third kappa shape index (κ3) is 2.08. The molecule has 0 saturated carbocycles. The molecule has 3 heteroatoms. The summed E-state index contributed by atoms with van der Waals surface area (Å²) < 4.78 is 13.5. The maximum atomic E-state index is 13.5. The van der Waals surface area contributed by atoms with Gasteiger partial charge in [0.1, 0.15) is 5.82 Å². The molecule has 2 atom stereocenters. The van der Waals surface area contributed by atoms with Crippen molar-refractivity contribution in [3.8, 4) is 0 Å². The molecule has 2 aliphatic rings. The number of benzene rings is 1. The molecular formula is C15H20FNS. The third-order valence-corrected chi connectivity index (χ3v) is 5.94. The lowest BCUT2D eigenvalue weighted by molar-refractivity contribution is 0.256. The summed E-state index contributed by atoms with van der Waals surface area (Å²) in [6.45, 7) is 3.52. The molecule has 98 valence electrons. The molecule has 2 aliphatic heterocycles. The molecule has 0 aromatic heterocycles. The standard InChI is InChI=1S/C15H20FNS/c1-15(9-12-4-3-7-17(12)2)10-18-14-6-5-11(16)8-13(14)15/h5-6,8,12H,3-4,7,9-10H2,1-2H3/t12-,15?/m0/s1. The molecule has 2 heterocycles. The van der Waals surface area contributed by atoms with Gasteiger partial charge in [-0.15, -0.1) is 11.8 Å². The predicted octanol–water partition coefficient (Wildman–Crippen LogP) is 3.67. The largest absolute Gasteiger partial charge is 0.303 e. The Labute approximate surface area is 113 Å². The van der Waals surface area contributed by atoms with Crippen molar-refractivity contribution in [2.24, 2.45) is 0 Å². The van der Waals surface area contributed by atoms with E-state index in [1.54, 1.807) is 12.1 Å². The Hall–Kier alpha value is -0.540. The third-order valence-electron chi connectivity index (χ3n) is 4.50. The normalized spacial score (nSPS) is 31.8. The van der Waals surface area contributed by atoms with E-state index in [2.05, 4.69) is 18.9 Å². The Morgan fingerprint density at radius 2 is 2.33 bits per heavy atom. The molecular weight excluding hydrogens is 245 g/mol. The minimum absolute atomic E-state index is 0.0951. The average molecular weight is 265 g/mol. The molecule has 0 amide bonds. The summed E-state index contributed by atoms with van der Waals surface area (Å²) in [5.41, 5.74) is 1.37. The SMILES string of the molecule is CN1CCC[C@H]1CC1(C)CSc2ccc(F)cc21. The highest BCUT2D eigenvalue weighted by Crippen LogP contribution is 2.47. The summed E-state index contributed by atoms with van der Waals surface area (Å²) in [5.74, 6) is 0.998. The fourth-order valence-electron chi connectivity index (χ4n) is 3.34. The van der Waals surface area contributed by atoms with E-state index in [9.17, 15) is 4.39 Å². The van der Waals surface area contributed by atoms with E-state index < -0.39 is 0 Å². The van der Waals surface area contributed by atoms with Crippen LogP contribution in [-0.2, 0) is 5.41 Å². The number of fused-ring (bicyclic) bond motifs is 1. The zero-order chi connectivity index (χ0) is 12.8. The van der Waals surface area contributed by atoms with Crippen molar-refractivity contribution in [3.63, 3.8) is 0 Å². The highest BCUT2D eigenvalue weighted by Gasteiger charge is 2.39. The highest BCUT2D eigenvalue weighted by molar-refractivity contribution is 7.99. The van der Waals surface area contributed by atoms with Crippen LogP contribution in [0.15, 0.2) is 23.1 Å². The summed E-state index contributed by atoms with van der Waals surface area (Å²) in [4.78, 5) is 3.74. The van der Waals surface area contributed by atoms with E-state index in [1.807, 2.05) is 17.8 Å². The second kappa shape index (κ2) is 4.53. The van der Waals surface area contributed by atoms with Gasteiger partial charge in [0.25, 0.3) is 0 Å². The summed E-state index contributed by atoms with van der Waals surface area (Å²) in [6, 6.07) is 5.95. The van der Waals surface area contributed by atoms with Gasteiger partial charge >= 0.3 is 0 Å². The summed E-state index contributed by atoms with van der Waals surface area (Å²) >= 11 is 1.88. The molecule has 0 radical (unpaired) electrons. The van der Waals surface area contributed by atoms with Crippen LogP contribution >= 0.6 is 11.8 Å². The maximum Gasteiger partial charge on any atom is 0.123 e. The lowest BCUT2D eigenvalue weighted by Gasteiger charge is -2.31. The molecule has 0 spiro atoms. The van der Waals surface area contributed by atoms with Gasteiger partial charge in [0.05, 0.1) is 0 Å². The van der Waals surface area contributed by atoms with Gasteiger partial charge in [-0.3, -0.25) is 0 Å². The van der Waals surface area contributed by atoms with Crippen molar-refractivity contribution in [3.05, 3.63) is 29.6 Å². The monoisotopic (exact) mass is 265 g/mol. The van der Waals surface area contributed by atoms with Crippen LogP contribution in [0.25, 0.3) is 0 Å². The van der Waals surface area contributed by atoms with Crippen LogP contribution in [-0.4, -0.2) is 30.3 Å². The van der Waals surface area contributed by atoms with Crippen LogP contribution < -0.4 is 0 Å². The van der Waals surface area contributed by atoms with Crippen LogP contribution in [0.1, 0.15) is 31.7 Å². The molecule has 3 rings (SSSR count). The van der Waals surface area contributed by atoms with Crippen LogP contribution in [0.3, 0.4) is 0 Å². The second-order valence-corrected chi connectivity index (χ2v) is 6.99. The molecule has 1 aromatic rings. The first-order chi connectivity index (χ1) is 8.58. The van der Waals surface area contributed by atoms with Crippen molar-refractivity contribution in [2.45, 2.75) is 42.5 Å². The Kier molecular flexibility index (Phi) is 3.15. The van der Waals surface area contributed by atoms with Gasteiger partial charge in [0.2, 0.25) is 0 Å². The number of rotatable bonds is 2. The van der Waals surface area contributed by atoms with E-state index >= 15 is 0 Å². The molecule has 18 heavy (non-hydrogen) atoms. The molecule has 1 unspecified atom stereocenters. The zero-order valence-corrected chi connectivity index (χ0v) is 11.9. The topological polar surface area (TPSA) is 3.24 Å². The van der Waals surface area contributed by atoms with Crippen LogP contribution in [0.4, 0.5) is 4.39 Å². The van der Waals surface area contributed by atoms with Gasteiger partial charge in [-0.1, -0.05) is 6.92 Å². The van der Waals surface area contributed by atoms with Crippen molar-refractivity contribution in [1.82, 2.24) is 4.90 Å². The first-order valence-electron chi connectivity index (χ1n) is 6.72. The number of hydrogen-bond acceptors (Lipinski definition) is 2. The molecule has 0 aliphatic carbocycles. The van der Waals surface area contributed by atoms with Gasteiger partial charge in [-0.2, -0.15) is 0 Å². The first kappa shape index (κ1) is 12.5. The van der Waals surface area contributed by atoms with E-state index in [4.69, 9.17) is 0 Å². The highest BCUT2D eigenvalue weighted by atomic mass is 32.2. The second-order valence-electron chi connectivity index (χ2n) is 5.97. The first-order valence-corrected chi connectivity index (χ1v) is 7.70. The summed E-state index contributed by atoms with van der Waals surface area (Å²) in [6.07, 6.45) is 3.76. The summed E-state index contributed by atoms with van der Waals surface area (Å²) in [5, 5.41) is 0. The molecule has 1 nitrogen and oxygen atoms in total. The fraction of sp³-hybridized carbons (Fsp3) is 0.600. The van der Waals surface area contributed by atoms with Crippen LogP contribution in [0.5, 0.6) is 0 Å². The Bertz CT molecular complexity index is 462. The van der Waals surface area contributed by atoms with Gasteiger partial charge in [0.15, 0.2) is 0 Å². The number of hydrogen-bond donors (Lipinski definition) is 0. The molecule has 0 bridgehead atoms. The number of halogens is 1. The van der Waals surface area contributed by atoms with Crippen molar-refractivity contribution < 1.29 is 4.39 Å². The van der Waals surface area contributed by atoms with Gasteiger partial charge in [-0.25, -0.2) is 4.39 Å². The molecule has 1 fully saturated rings. The molecule has 0 N–H and O–H groups in total. The number of thioether (sulfide) groups is 1. The van der Waals surface area contributed by atoms with Gasteiger partial charge in [0, 0.05) is 22.1 Å². The van der Waals surface area contributed by atoms with Crippen molar-refractivity contribution >= 4 is 11.8 Å². The molecule has 1 saturated heterocycles. The minimum atomic E-state index is -0.0951. The van der Waals surface area contributed by atoms with Crippen molar-refractivity contribution in [2.75, 3.05) is 19.3 Å². The average Bonchev–Trinajstić information content (AvgIpc) is 2.86. The Morgan fingerprint density at radius 3 is 3.06 bits per heavy atom. The smallest absolute Gasteiger partial charge is 0.123 e. The predicted molar refractivity (Wildman–Crippen MR) is 74.7 cm³/mol. The van der Waals surface area contributed by atoms with E-state index in [1.165, 1.54) is 29.8 Å². The Morgan fingerprint density at radius 1 is 1.50 bits per heavy atom. The van der Waals surface area contributed by atoms with Crippen LogP contribution in [0, 0.1) is 5.82 Å². The van der Waals surface area contributed by atoms with Crippen LogP contribution in [0.2, 0.25) is 0 Å². The zero-order valence-electron chi connectivity index (χ0n) is 11.1. The fourth-order valence-corrected chi connectivity index (χ4v) is 4.71.